The number of anilines is 1. The summed E-state index contributed by atoms with van der Waals surface area (Å²) in [5.74, 6) is -9.25. The quantitative estimate of drug-likeness (QED) is 0.132. The van der Waals surface area contributed by atoms with E-state index in [2.05, 4.69) is 10.3 Å². The third kappa shape index (κ3) is 6.60. The van der Waals surface area contributed by atoms with E-state index in [1.807, 2.05) is 22.6 Å². The van der Waals surface area contributed by atoms with E-state index in [-0.39, 0.29) is 34.5 Å². The summed E-state index contributed by atoms with van der Waals surface area (Å²) in [7, 11) is 0. The molecule has 1 heterocycles. The Labute approximate surface area is 269 Å². The zero-order chi connectivity index (χ0) is 32.5. The fraction of sp³-hybridized carbons (Fsp3) is 0.281. The molecule has 3 aromatic carbocycles. The van der Waals surface area contributed by atoms with Crippen LogP contribution >= 0.6 is 22.6 Å². The van der Waals surface area contributed by atoms with Gasteiger partial charge < -0.3 is 26.2 Å². The first-order chi connectivity index (χ1) is 21.4. The number of rotatable bonds is 8. The molecule has 0 radical (unpaired) electrons. The van der Waals surface area contributed by atoms with Gasteiger partial charge in [-0.05, 0) is 76.5 Å². The number of carbonyl (C=O) groups excluding carboxylic acids is 1. The number of hydrogen-bond acceptors (Lipinski definition) is 6. The molecule has 0 spiro atoms. The molecule has 0 saturated heterocycles. The largest absolute Gasteiger partial charge is 0.478 e. The highest BCUT2D eigenvalue weighted by Gasteiger charge is 2.55. The first kappa shape index (κ1) is 32.6. The van der Waals surface area contributed by atoms with E-state index >= 15 is 13.2 Å². The van der Waals surface area contributed by atoms with Gasteiger partial charge >= 0.3 is 5.97 Å². The maximum Gasteiger partial charge on any atom is 0.335 e. The molecule has 4 unspecified atom stereocenters. The zero-order valence-electron chi connectivity index (χ0n) is 23.6. The van der Waals surface area contributed by atoms with Crippen LogP contribution in [-0.2, 0) is 0 Å². The molecule has 5 N–H and O–H groups in total. The number of para-hydroxylation sites is 1. The van der Waals surface area contributed by atoms with E-state index in [0.29, 0.717) is 9.13 Å². The lowest BCUT2D eigenvalue weighted by Crippen LogP contribution is -2.55. The number of aliphatic hydroxyl groups excluding tert-OH is 1. The lowest BCUT2D eigenvalue weighted by Gasteiger charge is -2.44. The average molecular weight is 737 g/mol. The normalized spacial score (nSPS) is 23.3. The molecule has 236 valence electrons. The molecular formula is C32H29F4IN4O4. The van der Waals surface area contributed by atoms with Crippen LogP contribution in [0.5, 0.6) is 0 Å². The summed E-state index contributed by atoms with van der Waals surface area (Å²) < 4.78 is 62.6. The molecule has 1 fully saturated rings. The molecule has 1 aliphatic carbocycles. The smallest absolute Gasteiger partial charge is 0.335 e. The minimum atomic E-state index is -3.42. The van der Waals surface area contributed by atoms with Gasteiger partial charge in [0, 0.05) is 34.4 Å². The third-order valence-corrected chi connectivity index (χ3v) is 8.72. The molecule has 1 aliphatic heterocycles. The average Bonchev–Trinajstić information content (AvgIpc) is 3.00. The van der Waals surface area contributed by atoms with Crippen LogP contribution in [0.2, 0.25) is 0 Å². The van der Waals surface area contributed by atoms with Crippen LogP contribution in [0.3, 0.4) is 0 Å². The fourth-order valence-electron chi connectivity index (χ4n) is 6.03. The van der Waals surface area contributed by atoms with Crippen molar-refractivity contribution in [3.63, 3.8) is 0 Å². The summed E-state index contributed by atoms with van der Waals surface area (Å²) in [5.41, 5.74) is 5.91. The number of nitrogens with two attached hydrogens (primary N) is 1. The maximum absolute atomic E-state index is 16.6. The molecule has 5 atom stereocenters. The summed E-state index contributed by atoms with van der Waals surface area (Å²) in [6.07, 6.45) is -0.450. The van der Waals surface area contributed by atoms with Crippen molar-refractivity contribution in [3.8, 4) is 0 Å². The molecule has 0 aromatic heterocycles. The Morgan fingerprint density at radius 1 is 1.11 bits per heavy atom. The van der Waals surface area contributed by atoms with Gasteiger partial charge in [-0.2, -0.15) is 0 Å². The SMILES string of the molecule is NC1CCC(F)(F)C(c2ccccc2C(=O)O)C1C1=NC=CN(c2ccccc2C(=O)N[C@H](CO)c2cc(F)cc(I)c2)C1F. The minimum Gasteiger partial charge on any atom is -0.478 e. The van der Waals surface area contributed by atoms with Gasteiger partial charge in [0.05, 0.1) is 41.1 Å². The van der Waals surface area contributed by atoms with Crippen LogP contribution < -0.4 is 16.0 Å². The Morgan fingerprint density at radius 2 is 1.80 bits per heavy atom. The van der Waals surface area contributed by atoms with Crippen LogP contribution in [0, 0.1) is 15.3 Å². The Balaban J connectivity index is 1.49. The highest BCUT2D eigenvalue weighted by Crippen LogP contribution is 2.50. The lowest BCUT2D eigenvalue weighted by atomic mass is 9.67. The predicted octanol–water partition coefficient (Wildman–Crippen LogP) is 5.78. The van der Waals surface area contributed by atoms with E-state index < -0.39 is 66.9 Å². The highest BCUT2D eigenvalue weighted by atomic mass is 127. The Kier molecular flexibility index (Phi) is 9.60. The number of carbonyl (C=O) groups is 2. The van der Waals surface area contributed by atoms with Crippen LogP contribution in [0.1, 0.15) is 56.6 Å². The van der Waals surface area contributed by atoms with Crippen molar-refractivity contribution < 1.29 is 37.4 Å². The van der Waals surface area contributed by atoms with Crippen molar-refractivity contribution in [3.05, 3.63) is 111 Å². The number of carboxylic acid groups (broad SMARTS) is 1. The van der Waals surface area contributed by atoms with Crippen molar-refractivity contribution in [1.29, 1.82) is 0 Å². The molecule has 3 aromatic rings. The van der Waals surface area contributed by atoms with E-state index in [1.54, 1.807) is 18.2 Å². The first-order valence-corrected chi connectivity index (χ1v) is 15.1. The predicted molar refractivity (Wildman–Crippen MR) is 169 cm³/mol. The van der Waals surface area contributed by atoms with E-state index in [4.69, 9.17) is 5.73 Å². The summed E-state index contributed by atoms with van der Waals surface area (Å²) in [4.78, 5) is 30.7. The number of aliphatic hydroxyl groups is 1. The Morgan fingerprint density at radius 3 is 2.49 bits per heavy atom. The maximum atomic E-state index is 16.6. The third-order valence-electron chi connectivity index (χ3n) is 8.10. The molecule has 8 nitrogen and oxygen atoms in total. The monoisotopic (exact) mass is 736 g/mol. The number of benzene rings is 3. The van der Waals surface area contributed by atoms with Crippen molar-refractivity contribution in [2.24, 2.45) is 16.6 Å². The summed E-state index contributed by atoms with van der Waals surface area (Å²) >= 11 is 1.91. The summed E-state index contributed by atoms with van der Waals surface area (Å²) in [6, 6.07) is 13.5. The lowest BCUT2D eigenvalue weighted by molar-refractivity contribution is -0.0704. The standard InChI is InChI=1S/C32H29F4IN4O4/c33-18-13-17(14-19(37)15-18)24(16-42)40-30(43)22-7-3-4-8-25(22)41-12-11-39-28(29(41)34)26-23(38)9-10-32(35,36)27(26)20-5-1-2-6-21(20)31(44)45/h1-8,11-15,23-24,26-27,29,42H,9-10,16,38H2,(H,40,43)(H,44,45)/t23?,24-,26?,27?,29?/m1/s1. The topological polar surface area (TPSA) is 128 Å². The summed E-state index contributed by atoms with van der Waals surface area (Å²) in [5, 5.41) is 22.4. The van der Waals surface area contributed by atoms with E-state index in [1.165, 1.54) is 60.9 Å². The number of aliphatic imine (C=N–C) groups is 1. The van der Waals surface area contributed by atoms with Crippen LogP contribution in [-0.4, -0.2) is 52.7 Å². The van der Waals surface area contributed by atoms with Crippen molar-refractivity contribution in [2.45, 2.75) is 43.1 Å². The molecule has 13 heteroatoms. The fourth-order valence-corrected chi connectivity index (χ4v) is 6.69. The number of aromatic carboxylic acids is 1. The van der Waals surface area contributed by atoms with Gasteiger partial charge in [-0.1, -0.05) is 30.3 Å². The molecule has 2 aliphatic rings. The Hall–Kier alpha value is -3.82. The second-order valence-corrected chi connectivity index (χ2v) is 12.1. The molecule has 0 bridgehead atoms. The van der Waals surface area contributed by atoms with Gasteiger partial charge in [-0.25, -0.2) is 22.4 Å². The van der Waals surface area contributed by atoms with Crippen molar-refractivity contribution in [1.82, 2.24) is 5.32 Å². The van der Waals surface area contributed by atoms with Gasteiger partial charge in [-0.3, -0.25) is 9.79 Å². The molecular weight excluding hydrogens is 707 g/mol. The van der Waals surface area contributed by atoms with Gasteiger partial charge in [0.2, 0.25) is 6.30 Å². The molecule has 1 saturated carbocycles. The zero-order valence-corrected chi connectivity index (χ0v) is 25.7. The number of carboxylic acids is 1. The molecule has 1 amide bonds. The number of halogens is 5. The summed E-state index contributed by atoms with van der Waals surface area (Å²) in [6.45, 7) is -0.549. The number of amides is 1. The van der Waals surface area contributed by atoms with Gasteiger partial charge in [0.15, 0.2) is 0 Å². The highest BCUT2D eigenvalue weighted by molar-refractivity contribution is 14.1. The van der Waals surface area contributed by atoms with Crippen molar-refractivity contribution in [2.75, 3.05) is 11.5 Å². The van der Waals surface area contributed by atoms with Crippen LogP contribution in [0.15, 0.2) is 84.1 Å². The number of hydrogen-bond donors (Lipinski definition) is 4. The number of alkyl halides is 3. The van der Waals surface area contributed by atoms with Gasteiger partial charge in [0.1, 0.15) is 5.82 Å². The van der Waals surface area contributed by atoms with Gasteiger partial charge in [0.25, 0.3) is 11.8 Å². The van der Waals surface area contributed by atoms with Gasteiger partial charge in [-0.15, -0.1) is 0 Å². The van der Waals surface area contributed by atoms with Crippen LogP contribution in [0.25, 0.3) is 0 Å². The van der Waals surface area contributed by atoms with E-state index in [9.17, 15) is 24.2 Å². The Bertz CT molecular complexity index is 1650. The number of nitrogens with zero attached hydrogens (tertiary/aromatic N) is 2. The first-order valence-electron chi connectivity index (χ1n) is 14.0. The second kappa shape index (κ2) is 13.3. The molecule has 45 heavy (non-hydrogen) atoms. The minimum absolute atomic E-state index is 0.0124. The van der Waals surface area contributed by atoms with Crippen molar-refractivity contribution >= 4 is 45.9 Å². The van der Waals surface area contributed by atoms with Crippen LogP contribution in [0.4, 0.5) is 23.2 Å². The second-order valence-electron chi connectivity index (χ2n) is 10.9. The van der Waals surface area contributed by atoms with E-state index in [0.717, 1.165) is 4.90 Å². The molecule has 5 rings (SSSR count). The number of nitrogens with one attached hydrogen (secondary N) is 1.